The van der Waals surface area contributed by atoms with E-state index >= 15 is 0 Å². The van der Waals surface area contributed by atoms with E-state index in [1.165, 1.54) is 37.7 Å². The van der Waals surface area contributed by atoms with Crippen LogP contribution < -0.4 is 0 Å². The standard InChI is InChI=1S/C28H42O3/c1-3-4-5-6-7-8-9-10-12-17-24-18-19-25(20-23-15-13-11-14-16-23)26(21-24)27(22(2)29)28(30)31/h8-9,11,13-16,18-19,22,24-27,29H,3-7,10,12,17,20-21H2,1-2H3,(H,30,31)/b9-8-/t22-,24+,25-,26+,27+/m0/s1. The van der Waals surface area contributed by atoms with Crippen LogP contribution in [0.15, 0.2) is 54.6 Å². The van der Waals surface area contributed by atoms with Crippen LogP contribution in [0.4, 0.5) is 0 Å². The summed E-state index contributed by atoms with van der Waals surface area (Å²) in [6.07, 6.45) is 19.7. The fourth-order valence-corrected chi connectivity index (χ4v) is 4.95. The van der Waals surface area contributed by atoms with E-state index in [2.05, 4.69) is 43.4 Å². The van der Waals surface area contributed by atoms with Gasteiger partial charge in [-0.05, 0) is 75.2 Å². The van der Waals surface area contributed by atoms with Gasteiger partial charge in [-0.15, -0.1) is 0 Å². The van der Waals surface area contributed by atoms with Crippen LogP contribution in [0, 0.1) is 23.7 Å². The van der Waals surface area contributed by atoms with Crippen molar-refractivity contribution in [3.05, 3.63) is 60.2 Å². The van der Waals surface area contributed by atoms with E-state index in [1.807, 2.05) is 18.2 Å². The van der Waals surface area contributed by atoms with Gasteiger partial charge < -0.3 is 10.2 Å². The summed E-state index contributed by atoms with van der Waals surface area (Å²) in [7, 11) is 0. The van der Waals surface area contributed by atoms with Gasteiger partial charge >= 0.3 is 5.97 Å². The molecule has 1 aromatic rings. The summed E-state index contributed by atoms with van der Waals surface area (Å²) in [5, 5.41) is 20.1. The van der Waals surface area contributed by atoms with Crippen molar-refractivity contribution in [3.63, 3.8) is 0 Å². The number of aliphatic hydroxyl groups is 1. The number of carboxylic acids is 1. The van der Waals surface area contributed by atoms with E-state index in [4.69, 9.17) is 0 Å². The topological polar surface area (TPSA) is 57.5 Å². The van der Waals surface area contributed by atoms with Gasteiger partial charge in [0, 0.05) is 0 Å². The molecule has 1 aliphatic carbocycles. The molecule has 0 spiro atoms. The molecule has 2 N–H and O–H groups in total. The molecule has 172 valence electrons. The van der Waals surface area contributed by atoms with E-state index < -0.39 is 18.0 Å². The van der Waals surface area contributed by atoms with Crippen LogP contribution in [0.25, 0.3) is 0 Å². The molecule has 0 heterocycles. The SMILES string of the molecule is CCCCCC/C=C\CCC[C@@H]1C=C[C@@H](Cc2ccccc2)[C@H]([C@H](C(=O)O)[C@H](C)O)C1. The minimum atomic E-state index is -0.877. The van der Waals surface area contributed by atoms with Gasteiger partial charge in [-0.3, -0.25) is 4.79 Å². The van der Waals surface area contributed by atoms with Gasteiger partial charge in [-0.1, -0.05) is 80.8 Å². The molecule has 2 rings (SSSR count). The van der Waals surface area contributed by atoms with Gasteiger partial charge in [-0.2, -0.15) is 0 Å². The lowest BCUT2D eigenvalue weighted by Crippen LogP contribution is -2.39. The zero-order valence-corrected chi connectivity index (χ0v) is 19.5. The molecular formula is C28H42O3. The number of allylic oxidation sites excluding steroid dienone is 4. The van der Waals surface area contributed by atoms with Crippen molar-refractivity contribution in [2.24, 2.45) is 23.7 Å². The third-order valence-corrected chi connectivity index (χ3v) is 6.67. The van der Waals surface area contributed by atoms with Crippen LogP contribution in [0.2, 0.25) is 0 Å². The Morgan fingerprint density at radius 3 is 2.42 bits per heavy atom. The normalized spacial score (nSPS) is 23.1. The molecule has 0 saturated carbocycles. The fourth-order valence-electron chi connectivity index (χ4n) is 4.95. The molecule has 0 bridgehead atoms. The summed E-state index contributed by atoms with van der Waals surface area (Å²) in [4.78, 5) is 12.0. The summed E-state index contributed by atoms with van der Waals surface area (Å²) < 4.78 is 0. The van der Waals surface area contributed by atoms with E-state index in [1.54, 1.807) is 6.92 Å². The molecule has 3 heteroatoms. The van der Waals surface area contributed by atoms with E-state index in [0.29, 0.717) is 5.92 Å². The lowest BCUT2D eigenvalue weighted by atomic mass is 9.68. The molecule has 1 aromatic carbocycles. The minimum absolute atomic E-state index is 0.0400. The van der Waals surface area contributed by atoms with Gasteiger partial charge in [0.1, 0.15) is 0 Å². The lowest BCUT2D eigenvalue weighted by Gasteiger charge is -2.37. The number of hydrogen-bond acceptors (Lipinski definition) is 2. The van der Waals surface area contributed by atoms with Crippen molar-refractivity contribution in [1.82, 2.24) is 0 Å². The first-order chi connectivity index (χ1) is 15.0. The Morgan fingerprint density at radius 2 is 1.77 bits per heavy atom. The molecule has 0 saturated heterocycles. The van der Waals surface area contributed by atoms with Crippen molar-refractivity contribution >= 4 is 5.97 Å². The summed E-state index contributed by atoms with van der Waals surface area (Å²) >= 11 is 0. The second kappa shape index (κ2) is 14.2. The second-order valence-corrected chi connectivity index (χ2v) is 9.25. The molecule has 0 fully saturated rings. The van der Waals surface area contributed by atoms with Gasteiger partial charge in [0.15, 0.2) is 0 Å². The molecule has 0 aromatic heterocycles. The Labute approximate surface area is 189 Å². The molecule has 0 amide bonds. The number of hydrogen-bond donors (Lipinski definition) is 2. The Kier molecular flexibility index (Phi) is 11.7. The number of aliphatic carboxylic acids is 1. The maximum atomic E-state index is 12.0. The van der Waals surface area contributed by atoms with Crippen LogP contribution >= 0.6 is 0 Å². The molecule has 1 aliphatic rings. The maximum Gasteiger partial charge on any atom is 0.309 e. The fraction of sp³-hybridized carbons (Fsp3) is 0.607. The zero-order chi connectivity index (χ0) is 22.5. The minimum Gasteiger partial charge on any atom is -0.481 e. The number of unbranched alkanes of at least 4 members (excludes halogenated alkanes) is 5. The molecule has 31 heavy (non-hydrogen) atoms. The van der Waals surface area contributed by atoms with Gasteiger partial charge in [0.2, 0.25) is 0 Å². The third-order valence-electron chi connectivity index (χ3n) is 6.67. The van der Waals surface area contributed by atoms with Crippen molar-refractivity contribution in [2.45, 2.75) is 84.2 Å². The van der Waals surface area contributed by atoms with Gasteiger partial charge in [-0.25, -0.2) is 0 Å². The number of rotatable bonds is 14. The molecule has 0 unspecified atom stereocenters. The third kappa shape index (κ3) is 9.03. The lowest BCUT2D eigenvalue weighted by molar-refractivity contribution is -0.149. The zero-order valence-electron chi connectivity index (χ0n) is 19.5. The molecule has 0 aliphatic heterocycles. The monoisotopic (exact) mass is 426 g/mol. The highest BCUT2D eigenvalue weighted by Gasteiger charge is 2.39. The van der Waals surface area contributed by atoms with Crippen LogP contribution in [0.3, 0.4) is 0 Å². The highest BCUT2D eigenvalue weighted by Crippen LogP contribution is 2.39. The molecule has 3 nitrogen and oxygen atoms in total. The van der Waals surface area contributed by atoms with Gasteiger partial charge in [0.05, 0.1) is 12.0 Å². The Morgan fingerprint density at radius 1 is 1.06 bits per heavy atom. The predicted molar refractivity (Wildman–Crippen MR) is 129 cm³/mol. The molecule has 5 atom stereocenters. The number of carboxylic acid groups (broad SMARTS) is 1. The van der Waals surface area contributed by atoms with Gasteiger partial charge in [0.25, 0.3) is 0 Å². The van der Waals surface area contributed by atoms with E-state index in [-0.39, 0.29) is 11.8 Å². The highest BCUT2D eigenvalue weighted by molar-refractivity contribution is 5.71. The smallest absolute Gasteiger partial charge is 0.309 e. The first kappa shape index (κ1) is 25.4. The second-order valence-electron chi connectivity index (χ2n) is 9.25. The summed E-state index contributed by atoms with van der Waals surface area (Å²) in [6.45, 7) is 3.86. The largest absolute Gasteiger partial charge is 0.481 e. The first-order valence-electron chi connectivity index (χ1n) is 12.3. The molecule has 0 radical (unpaired) electrons. The van der Waals surface area contributed by atoms with Crippen molar-refractivity contribution in [1.29, 1.82) is 0 Å². The first-order valence-corrected chi connectivity index (χ1v) is 12.3. The van der Waals surface area contributed by atoms with Crippen molar-refractivity contribution < 1.29 is 15.0 Å². The van der Waals surface area contributed by atoms with E-state index in [0.717, 1.165) is 32.1 Å². The Hall–Kier alpha value is -1.87. The predicted octanol–water partition coefficient (Wildman–Crippen LogP) is 6.82. The number of carbonyl (C=O) groups is 1. The Bertz CT molecular complexity index is 677. The van der Waals surface area contributed by atoms with Crippen molar-refractivity contribution in [3.8, 4) is 0 Å². The summed E-state index contributed by atoms with van der Waals surface area (Å²) in [6, 6.07) is 10.3. The average Bonchev–Trinajstić information content (AvgIpc) is 2.74. The summed E-state index contributed by atoms with van der Waals surface area (Å²) in [5.74, 6) is -1.09. The van der Waals surface area contributed by atoms with Crippen LogP contribution in [0.1, 0.15) is 77.2 Å². The highest BCUT2D eigenvalue weighted by atomic mass is 16.4. The van der Waals surface area contributed by atoms with Crippen LogP contribution in [0.5, 0.6) is 0 Å². The number of benzene rings is 1. The molecular weight excluding hydrogens is 384 g/mol. The number of aliphatic hydroxyl groups excluding tert-OH is 1. The van der Waals surface area contributed by atoms with Crippen LogP contribution in [-0.2, 0) is 11.2 Å². The van der Waals surface area contributed by atoms with E-state index in [9.17, 15) is 15.0 Å². The average molecular weight is 427 g/mol. The quantitative estimate of drug-likeness (QED) is 0.253. The van der Waals surface area contributed by atoms with Crippen LogP contribution in [-0.4, -0.2) is 22.3 Å². The summed E-state index contributed by atoms with van der Waals surface area (Å²) in [5.41, 5.74) is 1.22. The Balaban J connectivity index is 1.92. The maximum absolute atomic E-state index is 12.0. The van der Waals surface area contributed by atoms with Crippen molar-refractivity contribution in [2.75, 3.05) is 0 Å².